The maximum absolute atomic E-state index is 13.4. The lowest BCUT2D eigenvalue weighted by molar-refractivity contribution is 0.0657. The van der Waals surface area contributed by atoms with Crippen LogP contribution in [0, 0.1) is 11.6 Å². The van der Waals surface area contributed by atoms with Crippen LogP contribution in [0.2, 0.25) is 0 Å². The molecule has 0 amide bonds. The van der Waals surface area contributed by atoms with Crippen LogP contribution in [0.25, 0.3) is 0 Å². The van der Waals surface area contributed by atoms with Gasteiger partial charge in [-0.05, 0) is 35.4 Å². The largest absolute Gasteiger partial charge is 0.390 e. The van der Waals surface area contributed by atoms with Crippen molar-refractivity contribution in [3.63, 3.8) is 0 Å². The summed E-state index contributed by atoms with van der Waals surface area (Å²) in [6.45, 7) is 4.06. The van der Waals surface area contributed by atoms with E-state index < -0.39 is 6.10 Å². The van der Waals surface area contributed by atoms with E-state index in [2.05, 4.69) is 9.80 Å². The fraction of sp³-hybridized carbons (Fsp3) is 0.400. The van der Waals surface area contributed by atoms with Crippen molar-refractivity contribution >= 4 is 0 Å². The number of rotatable bonds is 6. The quantitative estimate of drug-likeness (QED) is 0.826. The maximum Gasteiger partial charge on any atom is 0.123 e. The van der Waals surface area contributed by atoms with E-state index in [4.69, 9.17) is 5.73 Å². The van der Waals surface area contributed by atoms with Crippen LogP contribution < -0.4 is 5.73 Å². The molecule has 0 aliphatic carbocycles. The van der Waals surface area contributed by atoms with E-state index in [0.29, 0.717) is 6.54 Å². The van der Waals surface area contributed by atoms with E-state index in [9.17, 15) is 13.9 Å². The van der Waals surface area contributed by atoms with Gasteiger partial charge in [-0.15, -0.1) is 0 Å². The average Bonchev–Trinajstić information content (AvgIpc) is 2.66. The van der Waals surface area contributed by atoms with Crippen molar-refractivity contribution in [2.45, 2.75) is 12.1 Å². The topological polar surface area (TPSA) is 52.7 Å². The Balaban J connectivity index is 1.78. The molecule has 3 N–H and O–H groups in total. The first-order valence-corrected chi connectivity index (χ1v) is 8.92. The van der Waals surface area contributed by atoms with E-state index in [0.717, 1.165) is 37.3 Å². The van der Waals surface area contributed by atoms with Gasteiger partial charge in [-0.2, -0.15) is 0 Å². The van der Waals surface area contributed by atoms with E-state index in [1.54, 1.807) is 24.3 Å². The molecule has 0 spiro atoms. The van der Waals surface area contributed by atoms with Crippen molar-refractivity contribution in [1.29, 1.82) is 0 Å². The fourth-order valence-corrected chi connectivity index (χ4v) is 3.48. The first-order chi connectivity index (χ1) is 12.6. The summed E-state index contributed by atoms with van der Waals surface area (Å²) < 4.78 is 26.7. The summed E-state index contributed by atoms with van der Waals surface area (Å²) in [7, 11) is 0. The number of β-amino-alcohol motifs (C(OH)–C–C–N with tert-alkyl or cyclic N) is 1. The summed E-state index contributed by atoms with van der Waals surface area (Å²) >= 11 is 0. The Morgan fingerprint density at radius 1 is 0.846 bits per heavy atom. The Hall–Kier alpha value is -1.86. The van der Waals surface area contributed by atoms with Gasteiger partial charge in [0.2, 0.25) is 0 Å². The molecule has 1 aliphatic rings. The molecule has 1 saturated heterocycles. The molecule has 2 aromatic carbocycles. The lowest BCUT2D eigenvalue weighted by atomic mass is 9.96. The van der Waals surface area contributed by atoms with Gasteiger partial charge in [-0.1, -0.05) is 24.3 Å². The highest BCUT2D eigenvalue weighted by Gasteiger charge is 2.27. The van der Waals surface area contributed by atoms with Gasteiger partial charge < -0.3 is 10.8 Å². The fourth-order valence-electron chi connectivity index (χ4n) is 3.48. The highest BCUT2D eigenvalue weighted by molar-refractivity contribution is 5.32. The Kier molecular flexibility index (Phi) is 6.32. The van der Waals surface area contributed by atoms with Crippen LogP contribution in [0.1, 0.15) is 17.2 Å². The summed E-state index contributed by atoms with van der Waals surface area (Å²) in [5, 5.41) is 9.74. The molecule has 2 aromatic rings. The lowest BCUT2D eigenvalue weighted by Gasteiger charge is -2.40. The smallest absolute Gasteiger partial charge is 0.123 e. The van der Waals surface area contributed by atoms with Crippen LogP contribution in [-0.2, 0) is 0 Å². The Morgan fingerprint density at radius 2 is 1.31 bits per heavy atom. The minimum absolute atomic E-state index is 0.0576. The van der Waals surface area contributed by atoms with E-state index in [1.807, 2.05) is 0 Å². The van der Waals surface area contributed by atoms with Crippen LogP contribution in [-0.4, -0.2) is 60.3 Å². The lowest BCUT2D eigenvalue weighted by Crippen LogP contribution is -2.50. The van der Waals surface area contributed by atoms with Gasteiger partial charge in [-0.3, -0.25) is 9.80 Å². The van der Waals surface area contributed by atoms with Crippen LogP contribution >= 0.6 is 0 Å². The Morgan fingerprint density at radius 3 is 1.73 bits per heavy atom. The summed E-state index contributed by atoms with van der Waals surface area (Å²) in [6, 6.07) is 12.9. The number of aliphatic hydroxyl groups is 1. The number of hydrogen-bond donors (Lipinski definition) is 2. The second-order valence-electron chi connectivity index (χ2n) is 6.73. The molecule has 1 heterocycles. The van der Waals surface area contributed by atoms with Crippen molar-refractivity contribution in [1.82, 2.24) is 9.80 Å². The first-order valence-electron chi connectivity index (χ1n) is 8.92. The number of piperazine rings is 1. The zero-order valence-electron chi connectivity index (χ0n) is 14.7. The minimum Gasteiger partial charge on any atom is -0.390 e. The normalized spacial score (nSPS) is 17.6. The van der Waals surface area contributed by atoms with E-state index >= 15 is 0 Å². The van der Waals surface area contributed by atoms with Gasteiger partial charge in [0, 0.05) is 39.3 Å². The SMILES string of the molecule is NC[C@H](O)CN1CCN(C(c2ccc(F)cc2)c2ccc(F)cc2)CC1. The number of aliphatic hydroxyl groups excluding tert-OH is 1. The number of hydrogen-bond acceptors (Lipinski definition) is 4. The minimum atomic E-state index is -0.508. The van der Waals surface area contributed by atoms with Crippen LogP contribution in [0.3, 0.4) is 0 Å². The predicted octanol–water partition coefficient (Wildman–Crippen LogP) is 1.99. The molecule has 0 aromatic heterocycles. The number of nitrogens with zero attached hydrogens (tertiary/aromatic N) is 2. The van der Waals surface area contributed by atoms with Crippen molar-refractivity contribution < 1.29 is 13.9 Å². The summed E-state index contributed by atoms with van der Waals surface area (Å²) in [4.78, 5) is 4.51. The van der Waals surface area contributed by atoms with Gasteiger partial charge in [0.1, 0.15) is 11.6 Å². The molecule has 140 valence electrons. The highest BCUT2D eigenvalue weighted by Crippen LogP contribution is 2.30. The molecular formula is C20H25F2N3O. The maximum atomic E-state index is 13.4. The third-order valence-electron chi connectivity index (χ3n) is 4.88. The molecule has 0 bridgehead atoms. The van der Waals surface area contributed by atoms with Crippen molar-refractivity contribution in [2.24, 2.45) is 5.73 Å². The molecule has 1 atom stereocenters. The standard InChI is InChI=1S/C20H25F2N3O/c21-17-5-1-15(2-6-17)20(16-3-7-18(22)8-4-16)25-11-9-24(10-12-25)14-19(26)13-23/h1-8,19-20,26H,9-14,23H2/t19-/m0/s1. The Bertz CT molecular complexity index is 640. The number of halogens is 2. The van der Waals surface area contributed by atoms with Crippen molar-refractivity contribution in [2.75, 3.05) is 39.3 Å². The number of nitrogens with two attached hydrogens (primary N) is 1. The zero-order valence-corrected chi connectivity index (χ0v) is 14.7. The molecule has 6 heteroatoms. The molecule has 1 aliphatic heterocycles. The predicted molar refractivity (Wildman–Crippen MR) is 97.7 cm³/mol. The monoisotopic (exact) mass is 361 g/mol. The van der Waals surface area contributed by atoms with Crippen molar-refractivity contribution in [3.8, 4) is 0 Å². The second kappa shape index (κ2) is 8.68. The van der Waals surface area contributed by atoms with E-state index in [-0.39, 0.29) is 24.2 Å². The van der Waals surface area contributed by atoms with Crippen molar-refractivity contribution in [3.05, 3.63) is 71.3 Å². The third-order valence-corrected chi connectivity index (χ3v) is 4.88. The van der Waals surface area contributed by atoms with Crippen LogP contribution in [0.15, 0.2) is 48.5 Å². The molecule has 0 saturated carbocycles. The van der Waals surface area contributed by atoms with Gasteiger partial charge in [0.05, 0.1) is 12.1 Å². The third kappa shape index (κ3) is 4.65. The van der Waals surface area contributed by atoms with Crippen LogP contribution in [0.4, 0.5) is 8.78 Å². The number of benzene rings is 2. The van der Waals surface area contributed by atoms with Crippen LogP contribution in [0.5, 0.6) is 0 Å². The van der Waals surface area contributed by atoms with E-state index in [1.165, 1.54) is 24.3 Å². The first kappa shape index (κ1) is 18.9. The summed E-state index contributed by atoms with van der Waals surface area (Å²) in [6.07, 6.45) is -0.508. The Labute approximate surface area is 152 Å². The van der Waals surface area contributed by atoms with Gasteiger partial charge in [-0.25, -0.2) is 8.78 Å². The molecule has 4 nitrogen and oxygen atoms in total. The summed E-state index contributed by atoms with van der Waals surface area (Å²) in [5.41, 5.74) is 7.45. The highest BCUT2D eigenvalue weighted by atomic mass is 19.1. The zero-order chi connectivity index (χ0) is 18.5. The van der Waals surface area contributed by atoms with Gasteiger partial charge in [0.15, 0.2) is 0 Å². The summed E-state index contributed by atoms with van der Waals surface area (Å²) in [5.74, 6) is -0.542. The van der Waals surface area contributed by atoms with Gasteiger partial charge in [0.25, 0.3) is 0 Å². The van der Waals surface area contributed by atoms with Gasteiger partial charge >= 0.3 is 0 Å². The molecule has 1 fully saturated rings. The molecule has 26 heavy (non-hydrogen) atoms. The second-order valence-corrected chi connectivity index (χ2v) is 6.73. The molecular weight excluding hydrogens is 336 g/mol. The average molecular weight is 361 g/mol. The molecule has 3 rings (SSSR count). The molecule has 0 unspecified atom stereocenters. The molecule has 0 radical (unpaired) electrons.